The van der Waals surface area contributed by atoms with E-state index in [1.807, 2.05) is 38.1 Å². The number of rotatable bonds is 5. The number of aryl methyl sites for hydroxylation is 1. The molecule has 1 unspecified atom stereocenters. The first-order valence-corrected chi connectivity index (χ1v) is 8.40. The zero-order chi connectivity index (χ0) is 14.8. The van der Waals surface area contributed by atoms with E-state index < -0.39 is 9.84 Å². The van der Waals surface area contributed by atoms with Crippen LogP contribution in [0.1, 0.15) is 30.0 Å². The molecular formula is C15H19NO3S. The third kappa shape index (κ3) is 3.29. The number of hydrogen-bond donors (Lipinski definition) is 1. The van der Waals surface area contributed by atoms with Crippen molar-refractivity contribution >= 4 is 9.84 Å². The van der Waals surface area contributed by atoms with Gasteiger partial charge in [0.25, 0.3) is 0 Å². The first-order valence-electron chi connectivity index (χ1n) is 6.51. The molecule has 0 saturated carbocycles. The molecule has 0 aliphatic heterocycles. The highest BCUT2D eigenvalue weighted by atomic mass is 32.2. The van der Waals surface area contributed by atoms with Crippen LogP contribution in [0.2, 0.25) is 0 Å². The Morgan fingerprint density at radius 2 is 1.80 bits per heavy atom. The van der Waals surface area contributed by atoms with Crippen molar-refractivity contribution in [1.82, 2.24) is 5.32 Å². The summed E-state index contributed by atoms with van der Waals surface area (Å²) in [4.78, 5) is 0.326. The number of sulfone groups is 1. The quantitative estimate of drug-likeness (QED) is 0.921. The van der Waals surface area contributed by atoms with Crippen LogP contribution < -0.4 is 5.32 Å². The lowest BCUT2D eigenvalue weighted by Crippen LogP contribution is -2.21. The highest BCUT2D eigenvalue weighted by Crippen LogP contribution is 2.25. The van der Waals surface area contributed by atoms with Gasteiger partial charge in [-0.2, -0.15) is 0 Å². The Balaban J connectivity index is 2.35. The van der Waals surface area contributed by atoms with Crippen molar-refractivity contribution in [3.05, 3.63) is 53.5 Å². The Kier molecular flexibility index (Phi) is 4.30. The highest BCUT2D eigenvalue weighted by Gasteiger charge is 2.17. The second kappa shape index (κ2) is 5.81. The molecule has 0 bridgehead atoms. The van der Waals surface area contributed by atoms with Crippen LogP contribution in [0, 0.1) is 6.92 Å². The Hall–Kier alpha value is -1.59. The van der Waals surface area contributed by atoms with E-state index in [-0.39, 0.29) is 6.04 Å². The fourth-order valence-electron chi connectivity index (χ4n) is 2.10. The highest BCUT2D eigenvalue weighted by molar-refractivity contribution is 7.90. The molecule has 5 heteroatoms. The molecule has 0 aliphatic carbocycles. The van der Waals surface area contributed by atoms with Crippen LogP contribution in [0.25, 0.3) is 0 Å². The van der Waals surface area contributed by atoms with Crippen LogP contribution in [0.4, 0.5) is 0 Å². The van der Waals surface area contributed by atoms with Crippen molar-refractivity contribution in [2.24, 2.45) is 0 Å². The Morgan fingerprint density at radius 3 is 2.25 bits per heavy atom. The molecule has 0 aliphatic rings. The summed E-state index contributed by atoms with van der Waals surface area (Å²) in [5.74, 6) is 1.69. The average Bonchev–Trinajstić information content (AvgIpc) is 2.81. The van der Waals surface area contributed by atoms with E-state index in [4.69, 9.17) is 4.42 Å². The van der Waals surface area contributed by atoms with E-state index in [9.17, 15) is 8.42 Å². The van der Waals surface area contributed by atoms with Crippen molar-refractivity contribution in [3.8, 4) is 0 Å². The molecular weight excluding hydrogens is 274 g/mol. The fourth-order valence-corrected chi connectivity index (χ4v) is 2.73. The van der Waals surface area contributed by atoms with Gasteiger partial charge in [0, 0.05) is 6.26 Å². The summed E-state index contributed by atoms with van der Waals surface area (Å²) in [6, 6.07) is 10.7. The third-order valence-corrected chi connectivity index (χ3v) is 4.22. The molecule has 1 N–H and O–H groups in total. The number of benzene rings is 1. The molecule has 2 aromatic rings. The van der Waals surface area contributed by atoms with Gasteiger partial charge in [-0.1, -0.05) is 19.1 Å². The van der Waals surface area contributed by atoms with Gasteiger partial charge < -0.3 is 9.73 Å². The van der Waals surface area contributed by atoms with Gasteiger partial charge in [0.2, 0.25) is 0 Å². The summed E-state index contributed by atoms with van der Waals surface area (Å²) in [7, 11) is -3.16. The van der Waals surface area contributed by atoms with Gasteiger partial charge in [-0.05, 0) is 43.3 Å². The van der Waals surface area contributed by atoms with Gasteiger partial charge in [-0.3, -0.25) is 0 Å². The number of nitrogens with one attached hydrogen (secondary N) is 1. The molecule has 4 nitrogen and oxygen atoms in total. The van der Waals surface area contributed by atoms with E-state index in [0.717, 1.165) is 23.6 Å². The fraction of sp³-hybridized carbons (Fsp3) is 0.333. The largest absolute Gasteiger partial charge is 0.464 e. The maximum absolute atomic E-state index is 11.5. The second-order valence-electron chi connectivity index (χ2n) is 4.78. The Morgan fingerprint density at radius 1 is 1.15 bits per heavy atom. The standard InChI is InChI=1S/C15H19NO3S/c1-4-16-15(14-10-5-11(2)19-14)12-6-8-13(9-7-12)20(3,17)18/h5-10,15-16H,4H2,1-3H3. The van der Waals surface area contributed by atoms with Crippen molar-refractivity contribution in [1.29, 1.82) is 0 Å². The first kappa shape index (κ1) is 14.8. The molecule has 1 aromatic heterocycles. The van der Waals surface area contributed by atoms with Crippen LogP contribution in [-0.4, -0.2) is 21.2 Å². The van der Waals surface area contributed by atoms with Gasteiger partial charge >= 0.3 is 0 Å². The van der Waals surface area contributed by atoms with Gasteiger partial charge in [0.15, 0.2) is 9.84 Å². The molecule has 0 radical (unpaired) electrons. The zero-order valence-electron chi connectivity index (χ0n) is 11.9. The van der Waals surface area contributed by atoms with E-state index in [2.05, 4.69) is 5.32 Å². The summed E-state index contributed by atoms with van der Waals surface area (Å²) < 4.78 is 28.6. The predicted octanol–water partition coefficient (Wildman–Crippen LogP) is 2.69. The van der Waals surface area contributed by atoms with Crippen LogP contribution in [0.15, 0.2) is 45.7 Å². The predicted molar refractivity (Wildman–Crippen MR) is 78.5 cm³/mol. The molecule has 2 rings (SSSR count). The Labute approximate surface area is 119 Å². The third-order valence-electron chi connectivity index (χ3n) is 3.10. The lowest BCUT2D eigenvalue weighted by molar-refractivity contribution is 0.435. The van der Waals surface area contributed by atoms with E-state index in [1.165, 1.54) is 6.26 Å². The zero-order valence-corrected chi connectivity index (χ0v) is 12.7. The van der Waals surface area contributed by atoms with Crippen molar-refractivity contribution in [2.75, 3.05) is 12.8 Å². The summed E-state index contributed by atoms with van der Waals surface area (Å²) in [5.41, 5.74) is 0.980. The van der Waals surface area contributed by atoms with Crippen LogP contribution in [0.3, 0.4) is 0 Å². The maximum Gasteiger partial charge on any atom is 0.175 e. The normalized spacial score (nSPS) is 13.3. The van der Waals surface area contributed by atoms with Crippen molar-refractivity contribution in [3.63, 3.8) is 0 Å². The van der Waals surface area contributed by atoms with Crippen LogP contribution >= 0.6 is 0 Å². The molecule has 1 aromatic carbocycles. The van der Waals surface area contributed by atoms with Gasteiger partial charge in [-0.25, -0.2) is 8.42 Å². The summed E-state index contributed by atoms with van der Waals surface area (Å²) >= 11 is 0. The minimum Gasteiger partial charge on any atom is -0.464 e. The van der Waals surface area contributed by atoms with E-state index >= 15 is 0 Å². The van der Waals surface area contributed by atoms with Gasteiger partial charge in [-0.15, -0.1) is 0 Å². The second-order valence-corrected chi connectivity index (χ2v) is 6.80. The smallest absolute Gasteiger partial charge is 0.175 e. The monoisotopic (exact) mass is 293 g/mol. The van der Waals surface area contributed by atoms with Gasteiger partial charge in [0.05, 0.1) is 10.9 Å². The van der Waals surface area contributed by atoms with Crippen molar-refractivity contribution in [2.45, 2.75) is 24.8 Å². The van der Waals surface area contributed by atoms with Gasteiger partial charge in [0.1, 0.15) is 11.5 Å². The molecule has 0 amide bonds. The molecule has 1 atom stereocenters. The van der Waals surface area contributed by atoms with Crippen LogP contribution in [-0.2, 0) is 9.84 Å². The minimum atomic E-state index is -3.16. The number of hydrogen-bond acceptors (Lipinski definition) is 4. The summed E-state index contributed by atoms with van der Waals surface area (Å²) in [6.45, 7) is 4.71. The molecule has 0 spiro atoms. The maximum atomic E-state index is 11.5. The Bertz CT molecular complexity index is 671. The lowest BCUT2D eigenvalue weighted by atomic mass is 10.0. The van der Waals surface area contributed by atoms with E-state index in [1.54, 1.807) is 12.1 Å². The summed E-state index contributed by atoms with van der Waals surface area (Å²) in [6.07, 6.45) is 1.21. The minimum absolute atomic E-state index is 0.0673. The van der Waals surface area contributed by atoms with Crippen molar-refractivity contribution < 1.29 is 12.8 Å². The van der Waals surface area contributed by atoms with E-state index in [0.29, 0.717) is 4.90 Å². The topological polar surface area (TPSA) is 59.3 Å². The average molecular weight is 293 g/mol. The molecule has 108 valence electrons. The SMILES string of the molecule is CCNC(c1ccc(S(C)(=O)=O)cc1)c1ccc(C)o1. The molecule has 0 fully saturated rings. The molecule has 0 saturated heterocycles. The first-order chi connectivity index (χ1) is 9.41. The van der Waals surface area contributed by atoms with Crippen LogP contribution in [0.5, 0.6) is 0 Å². The molecule has 1 heterocycles. The summed E-state index contributed by atoms with van der Waals surface area (Å²) in [5, 5.41) is 3.34. The molecule has 20 heavy (non-hydrogen) atoms. The lowest BCUT2D eigenvalue weighted by Gasteiger charge is -2.16. The number of furan rings is 1.